The Morgan fingerprint density at radius 3 is 2.43 bits per heavy atom. The van der Waals surface area contributed by atoms with Crippen LogP contribution in [-0.4, -0.2) is 33.3 Å². The summed E-state index contributed by atoms with van der Waals surface area (Å²) in [6, 6.07) is 12.0. The fourth-order valence-electron chi connectivity index (χ4n) is 2.99. The lowest BCUT2D eigenvalue weighted by Gasteiger charge is -2.15. The fraction of sp³-hybridized carbons (Fsp3) is 0.435. The van der Waals surface area contributed by atoms with Gasteiger partial charge in [0.25, 0.3) is 5.91 Å². The van der Waals surface area contributed by atoms with Crippen LogP contribution in [0.5, 0.6) is 17.2 Å². The molecule has 2 rings (SSSR count). The number of amides is 1. The molecule has 0 unspecified atom stereocenters. The van der Waals surface area contributed by atoms with Crippen molar-refractivity contribution in [2.45, 2.75) is 39.5 Å². The van der Waals surface area contributed by atoms with Crippen molar-refractivity contribution in [3.05, 3.63) is 53.1 Å². The van der Waals surface area contributed by atoms with E-state index in [1.807, 2.05) is 31.2 Å². The van der Waals surface area contributed by atoms with Gasteiger partial charge in [0, 0.05) is 6.54 Å². The molecule has 0 bridgehead atoms. The van der Waals surface area contributed by atoms with E-state index in [-0.39, 0.29) is 12.5 Å². The molecule has 0 spiro atoms. The van der Waals surface area contributed by atoms with Crippen LogP contribution in [0.4, 0.5) is 0 Å². The number of aryl methyl sites for hydroxylation is 2. The van der Waals surface area contributed by atoms with Crippen LogP contribution in [0.15, 0.2) is 36.4 Å². The molecular weight excluding hydrogens is 354 g/mol. The van der Waals surface area contributed by atoms with E-state index in [2.05, 4.69) is 31.3 Å². The summed E-state index contributed by atoms with van der Waals surface area (Å²) < 4.78 is 16.3. The third-order valence-corrected chi connectivity index (χ3v) is 4.56. The highest BCUT2D eigenvalue weighted by molar-refractivity contribution is 5.77. The van der Waals surface area contributed by atoms with Crippen LogP contribution in [-0.2, 0) is 11.2 Å². The molecule has 2 aromatic rings. The maximum absolute atomic E-state index is 12.1. The first-order chi connectivity index (χ1) is 13.4. The molecule has 0 fully saturated rings. The molecule has 0 radical (unpaired) electrons. The van der Waals surface area contributed by atoms with Gasteiger partial charge in [-0.2, -0.15) is 0 Å². The minimum atomic E-state index is -0.108. The topological polar surface area (TPSA) is 56.8 Å². The minimum Gasteiger partial charge on any atom is -0.493 e. The zero-order valence-corrected chi connectivity index (χ0v) is 17.5. The van der Waals surface area contributed by atoms with Crippen LogP contribution in [0.3, 0.4) is 0 Å². The van der Waals surface area contributed by atoms with Crippen molar-refractivity contribution in [2.75, 3.05) is 27.4 Å². The molecule has 0 aromatic heterocycles. The molecule has 1 N–H and O–H groups in total. The average molecular weight is 386 g/mol. The van der Waals surface area contributed by atoms with Crippen LogP contribution in [0.1, 0.15) is 42.9 Å². The molecule has 5 nitrogen and oxygen atoms in total. The summed E-state index contributed by atoms with van der Waals surface area (Å²) >= 11 is 0. The van der Waals surface area contributed by atoms with Gasteiger partial charge in [0.15, 0.2) is 18.1 Å². The van der Waals surface area contributed by atoms with Gasteiger partial charge in [-0.25, -0.2) is 0 Å². The van der Waals surface area contributed by atoms with Gasteiger partial charge in [0.1, 0.15) is 5.75 Å². The highest BCUT2D eigenvalue weighted by atomic mass is 16.5. The summed E-state index contributed by atoms with van der Waals surface area (Å²) in [6.07, 6.45) is 1.68. The lowest BCUT2D eigenvalue weighted by molar-refractivity contribution is -0.123. The normalized spacial score (nSPS) is 10.6. The van der Waals surface area contributed by atoms with E-state index in [4.69, 9.17) is 14.2 Å². The third kappa shape index (κ3) is 6.19. The Labute approximate surface area is 168 Å². The molecule has 0 atom stereocenters. The van der Waals surface area contributed by atoms with Crippen LogP contribution >= 0.6 is 0 Å². The standard InChI is InChI=1S/C23H31NO4/c1-16(2)19-10-8-17(3)13-21(19)28-15-23(25)24-12-6-7-18-9-11-20(26-4)22(14-18)27-5/h8-11,13-14,16H,6-7,12,15H2,1-5H3,(H,24,25). The van der Waals surface area contributed by atoms with Gasteiger partial charge in [-0.1, -0.05) is 32.0 Å². The number of rotatable bonds is 10. The first-order valence-corrected chi connectivity index (χ1v) is 9.65. The van der Waals surface area contributed by atoms with Crippen molar-refractivity contribution in [2.24, 2.45) is 0 Å². The fourth-order valence-corrected chi connectivity index (χ4v) is 2.99. The summed E-state index contributed by atoms with van der Waals surface area (Å²) in [7, 11) is 3.25. The molecule has 2 aromatic carbocycles. The Kier molecular flexibility index (Phi) is 8.18. The average Bonchev–Trinajstić information content (AvgIpc) is 2.69. The number of nitrogens with one attached hydrogen (secondary N) is 1. The molecule has 1 amide bonds. The highest BCUT2D eigenvalue weighted by Crippen LogP contribution is 2.28. The summed E-state index contributed by atoms with van der Waals surface area (Å²) in [4.78, 5) is 12.1. The Bertz CT molecular complexity index is 786. The van der Waals surface area contributed by atoms with Gasteiger partial charge in [-0.05, 0) is 60.6 Å². The van der Waals surface area contributed by atoms with Crippen LogP contribution in [0, 0.1) is 6.92 Å². The lowest BCUT2D eigenvalue weighted by atomic mass is 10.0. The number of carbonyl (C=O) groups is 1. The van der Waals surface area contributed by atoms with E-state index in [1.165, 1.54) is 0 Å². The Hall–Kier alpha value is -2.69. The summed E-state index contributed by atoms with van der Waals surface area (Å²) in [6.45, 7) is 6.88. The van der Waals surface area contributed by atoms with Gasteiger partial charge in [-0.15, -0.1) is 0 Å². The number of hydrogen-bond donors (Lipinski definition) is 1. The number of ether oxygens (including phenoxy) is 3. The Morgan fingerprint density at radius 1 is 1.00 bits per heavy atom. The smallest absolute Gasteiger partial charge is 0.257 e. The number of carbonyl (C=O) groups excluding carboxylic acids is 1. The summed E-state index contributed by atoms with van der Waals surface area (Å²) in [5, 5.41) is 2.92. The van der Waals surface area contributed by atoms with E-state index in [0.29, 0.717) is 18.2 Å². The molecule has 0 aliphatic rings. The largest absolute Gasteiger partial charge is 0.493 e. The zero-order chi connectivity index (χ0) is 20.5. The molecule has 0 saturated heterocycles. The molecule has 0 heterocycles. The molecule has 0 aliphatic carbocycles. The van der Waals surface area contributed by atoms with Crippen LogP contribution < -0.4 is 19.5 Å². The van der Waals surface area contributed by atoms with Crippen molar-refractivity contribution in [3.8, 4) is 17.2 Å². The minimum absolute atomic E-state index is 0.0273. The molecule has 28 heavy (non-hydrogen) atoms. The van der Waals surface area contributed by atoms with E-state index >= 15 is 0 Å². The van der Waals surface area contributed by atoms with Crippen molar-refractivity contribution in [1.29, 1.82) is 0 Å². The van der Waals surface area contributed by atoms with Gasteiger partial charge >= 0.3 is 0 Å². The van der Waals surface area contributed by atoms with E-state index < -0.39 is 0 Å². The zero-order valence-electron chi connectivity index (χ0n) is 17.5. The Morgan fingerprint density at radius 2 is 1.75 bits per heavy atom. The predicted molar refractivity (Wildman–Crippen MR) is 112 cm³/mol. The number of hydrogen-bond acceptors (Lipinski definition) is 4. The quantitative estimate of drug-likeness (QED) is 0.621. The molecular formula is C23H31NO4. The van der Waals surface area contributed by atoms with E-state index in [9.17, 15) is 4.79 Å². The first-order valence-electron chi connectivity index (χ1n) is 9.65. The van der Waals surface area contributed by atoms with Crippen LogP contribution in [0.2, 0.25) is 0 Å². The van der Waals surface area contributed by atoms with Crippen molar-refractivity contribution >= 4 is 5.91 Å². The summed E-state index contributed by atoms with van der Waals surface area (Å²) in [5.74, 6) is 2.46. The second-order valence-corrected chi connectivity index (χ2v) is 7.13. The second-order valence-electron chi connectivity index (χ2n) is 7.13. The maximum Gasteiger partial charge on any atom is 0.257 e. The van der Waals surface area contributed by atoms with Gasteiger partial charge in [0.05, 0.1) is 14.2 Å². The van der Waals surface area contributed by atoms with Crippen molar-refractivity contribution in [1.82, 2.24) is 5.32 Å². The maximum atomic E-state index is 12.1. The van der Waals surface area contributed by atoms with Gasteiger partial charge in [0.2, 0.25) is 0 Å². The van der Waals surface area contributed by atoms with E-state index in [0.717, 1.165) is 41.0 Å². The Balaban J connectivity index is 1.77. The molecule has 152 valence electrons. The number of benzene rings is 2. The lowest BCUT2D eigenvalue weighted by Crippen LogP contribution is -2.30. The molecule has 0 aliphatic heterocycles. The van der Waals surface area contributed by atoms with Crippen molar-refractivity contribution < 1.29 is 19.0 Å². The summed E-state index contributed by atoms with van der Waals surface area (Å²) in [5.41, 5.74) is 3.38. The highest BCUT2D eigenvalue weighted by Gasteiger charge is 2.10. The van der Waals surface area contributed by atoms with Gasteiger partial charge in [-0.3, -0.25) is 4.79 Å². The monoisotopic (exact) mass is 385 g/mol. The van der Waals surface area contributed by atoms with E-state index in [1.54, 1.807) is 14.2 Å². The predicted octanol–water partition coefficient (Wildman–Crippen LogP) is 4.26. The number of methoxy groups -OCH3 is 2. The first kappa shape index (κ1) is 21.6. The van der Waals surface area contributed by atoms with Crippen LogP contribution in [0.25, 0.3) is 0 Å². The molecule has 5 heteroatoms. The second kappa shape index (κ2) is 10.6. The van der Waals surface area contributed by atoms with Gasteiger partial charge < -0.3 is 19.5 Å². The molecule has 0 saturated carbocycles. The third-order valence-electron chi connectivity index (χ3n) is 4.56. The SMILES string of the molecule is COc1ccc(CCCNC(=O)COc2cc(C)ccc2C(C)C)cc1OC. The van der Waals surface area contributed by atoms with Crippen molar-refractivity contribution in [3.63, 3.8) is 0 Å².